The molecule has 1 saturated heterocycles. The summed E-state index contributed by atoms with van der Waals surface area (Å²) < 4.78 is 5.15. The number of hydrogen-bond donors (Lipinski definition) is 2. The van der Waals surface area contributed by atoms with E-state index in [2.05, 4.69) is 0 Å². The summed E-state index contributed by atoms with van der Waals surface area (Å²) in [5.41, 5.74) is 0.463. The molecule has 2 heterocycles. The van der Waals surface area contributed by atoms with Crippen molar-refractivity contribution >= 4 is 23.2 Å². The van der Waals surface area contributed by atoms with Crippen molar-refractivity contribution in [2.45, 2.75) is 31.4 Å². The summed E-state index contributed by atoms with van der Waals surface area (Å²) in [6.45, 7) is 0.206. The normalized spacial score (nSPS) is 17.9. The number of aliphatic hydroxyl groups excluding tert-OH is 1. The SMILES string of the molecule is O=C(O)COc1cccc(C(=O)N2CCCC2CC(O)c2cccs2)c1. The van der Waals surface area contributed by atoms with Gasteiger partial charge < -0.3 is 19.8 Å². The van der Waals surface area contributed by atoms with E-state index in [0.717, 1.165) is 17.7 Å². The number of likely N-dealkylation sites (tertiary alicyclic amines) is 1. The fourth-order valence-corrected chi connectivity index (χ4v) is 3.96. The van der Waals surface area contributed by atoms with Gasteiger partial charge in [-0.15, -0.1) is 11.3 Å². The summed E-state index contributed by atoms with van der Waals surface area (Å²) in [5, 5.41) is 21.0. The number of aliphatic hydroxyl groups is 1. The average Bonchev–Trinajstić information content (AvgIpc) is 3.31. The number of carbonyl (C=O) groups is 2. The second-order valence-electron chi connectivity index (χ2n) is 6.27. The summed E-state index contributed by atoms with van der Waals surface area (Å²) in [7, 11) is 0. The van der Waals surface area contributed by atoms with E-state index in [1.807, 2.05) is 17.5 Å². The fraction of sp³-hybridized carbons (Fsp3) is 0.368. The third-order valence-electron chi connectivity index (χ3n) is 4.45. The van der Waals surface area contributed by atoms with Gasteiger partial charge in [-0.1, -0.05) is 12.1 Å². The maximum Gasteiger partial charge on any atom is 0.341 e. The van der Waals surface area contributed by atoms with Crippen LogP contribution in [0, 0.1) is 0 Å². The van der Waals surface area contributed by atoms with Crippen molar-refractivity contribution in [2.24, 2.45) is 0 Å². The molecule has 7 heteroatoms. The number of nitrogens with zero attached hydrogens (tertiary/aromatic N) is 1. The molecule has 2 unspecified atom stereocenters. The van der Waals surface area contributed by atoms with Gasteiger partial charge in [-0.2, -0.15) is 0 Å². The minimum Gasteiger partial charge on any atom is -0.482 e. The number of amides is 1. The minimum absolute atomic E-state index is 0.0109. The molecule has 1 amide bonds. The van der Waals surface area contributed by atoms with Crippen molar-refractivity contribution in [1.29, 1.82) is 0 Å². The van der Waals surface area contributed by atoms with Crippen LogP contribution in [0.4, 0.5) is 0 Å². The monoisotopic (exact) mass is 375 g/mol. The first-order valence-corrected chi connectivity index (χ1v) is 9.39. The van der Waals surface area contributed by atoms with E-state index in [1.165, 1.54) is 11.3 Å². The number of carboxylic acid groups (broad SMARTS) is 1. The molecule has 26 heavy (non-hydrogen) atoms. The Balaban J connectivity index is 1.68. The lowest BCUT2D eigenvalue weighted by molar-refractivity contribution is -0.139. The molecule has 2 atom stereocenters. The maximum absolute atomic E-state index is 12.9. The molecule has 0 aliphatic carbocycles. The van der Waals surface area contributed by atoms with Crippen molar-refractivity contribution in [3.63, 3.8) is 0 Å². The van der Waals surface area contributed by atoms with Gasteiger partial charge in [-0.3, -0.25) is 4.79 Å². The number of carboxylic acids is 1. The molecule has 138 valence electrons. The first kappa shape index (κ1) is 18.4. The van der Waals surface area contributed by atoms with E-state index in [-0.39, 0.29) is 11.9 Å². The van der Waals surface area contributed by atoms with Crippen LogP contribution in [-0.2, 0) is 4.79 Å². The predicted molar refractivity (Wildman–Crippen MR) is 97.5 cm³/mol. The average molecular weight is 375 g/mol. The van der Waals surface area contributed by atoms with E-state index in [0.29, 0.717) is 24.3 Å². The van der Waals surface area contributed by atoms with Gasteiger partial charge in [0.15, 0.2) is 6.61 Å². The van der Waals surface area contributed by atoms with Gasteiger partial charge in [0, 0.05) is 23.0 Å². The fourth-order valence-electron chi connectivity index (χ4n) is 3.23. The van der Waals surface area contributed by atoms with E-state index in [9.17, 15) is 14.7 Å². The van der Waals surface area contributed by atoms with Crippen LogP contribution in [0.15, 0.2) is 41.8 Å². The molecule has 2 N–H and O–H groups in total. The van der Waals surface area contributed by atoms with Crippen molar-refractivity contribution < 1.29 is 24.5 Å². The Morgan fingerprint density at radius 1 is 1.31 bits per heavy atom. The second kappa shape index (κ2) is 8.33. The van der Waals surface area contributed by atoms with Crippen LogP contribution < -0.4 is 4.74 Å². The standard InChI is InChI=1S/C19H21NO5S/c21-16(17-7-3-9-26-17)11-14-5-2-8-20(14)19(24)13-4-1-6-15(10-13)25-12-18(22)23/h1,3-4,6-7,9-10,14,16,21H,2,5,8,11-12H2,(H,22,23). The van der Waals surface area contributed by atoms with Crippen LogP contribution in [0.25, 0.3) is 0 Å². The number of aliphatic carboxylic acids is 1. The lowest BCUT2D eigenvalue weighted by Gasteiger charge is -2.26. The highest BCUT2D eigenvalue weighted by Gasteiger charge is 2.31. The topological polar surface area (TPSA) is 87.1 Å². The minimum atomic E-state index is -1.07. The van der Waals surface area contributed by atoms with Crippen LogP contribution >= 0.6 is 11.3 Å². The molecule has 1 aliphatic heterocycles. The van der Waals surface area contributed by atoms with Gasteiger partial charge in [-0.25, -0.2) is 4.79 Å². The Kier molecular flexibility index (Phi) is 5.90. The Bertz CT molecular complexity index is 761. The third kappa shape index (κ3) is 4.42. The molecule has 1 aromatic heterocycles. The van der Waals surface area contributed by atoms with Gasteiger partial charge in [0.2, 0.25) is 0 Å². The zero-order valence-electron chi connectivity index (χ0n) is 14.2. The van der Waals surface area contributed by atoms with Gasteiger partial charge in [-0.05, 0) is 48.9 Å². The smallest absolute Gasteiger partial charge is 0.341 e. The highest BCUT2D eigenvalue weighted by Crippen LogP contribution is 2.30. The van der Waals surface area contributed by atoms with Crippen LogP contribution in [0.2, 0.25) is 0 Å². The van der Waals surface area contributed by atoms with Gasteiger partial charge in [0.25, 0.3) is 5.91 Å². The van der Waals surface area contributed by atoms with Crippen molar-refractivity contribution in [3.8, 4) is 5.75 Å². The van der Waals surface area contributed by atoms with Crippen LogP contribution in [0.1, 0.15) is 40.6 Å². The Morgan fingerprint density at radius 2 is 2.15 bits per heavy atom. The molecule has 6 nitrogen and oxygen atoms in total. The lowest BCUT2D eigenvalue weighted by atomic mass is 10.0. The number of thiophene rings is 1. The summed E-state index contributed by atoms with van der Waals surface area (Å²) in [4.78, 5) is 26.2. The van der Waals surface area contributed by atoms with E-state index in [4.69, 9.17) is 9.84 Å². The summed E-state index contributed by atoms with van der Waals surface area (Å²) >= 11 is 1.51. The first-order valence-electron chi connectivity index (χ1n) is 8.51. The predicted octanol–water partition coefficient (Wildman–Crippen LogP) is 2.94. The van der Waals surface area contributed by atoms with E-state index < -0.39 is 18.7 Å². The van der Waals surface area contributed by atoms with Crippen molar-refractivity contribution in [1.82, 2.24) is 4.90 Å². The molecular formula is C19H21NO5S. The van der Waals surface area contributed by atoms with E-state index >= 15 is 0 Å². The lowest BCUT2D eigenvalue weighted by Crippen LogP contribution is -2.36. The molecule has 0 radical (unpaired) electrons. The Morgan fingerprint density at radius 3 is 2.88 bits per heavy atom. The molecule has 2 aromatic rings. The van der Waals surface area contributed by atoms with E-state index in [1.54, 1.807) is 29.2 Å². The van der Waals surface area contributed by atoms with Gasteiger partial charge in [0.1, 0.15) is 5.75 Å². The Labute approximate surface area is 155 Å². The highest BCUT2D eigenvalue weighted by molar-refractivity contribution is 7.10. The number of hydrogen-bond acceptors (Lipinski definition) is 5. The molecule has 0 bridgehead atoms. The second-order valence-corrected chi connectivity index (χ2v) is 7.25. The molecule has 3 rings (SSSR count). The number of carbonyl (C=O) groups excluding carboxylic acids is 1. The Hall–Kier alpha value is -2.38. The largest absolute Gasteiger partial charge is 0.482 e. The molecule has 0 saturated carbocycles. The van der Waals surface area contributed by atoms with Crippen LogP contribution in [-0.4, -0.2) is 46.2 Å². The molecule has 0 spiro atoms. The van der Waals surface area contributed by atoms with Gasteiger partial charge >= 0.3 is 5.97 Å². The number of rotatable bonds is 7. The number of benzene rings is 1. The molecule has 1 aliphatic rings. The summed E-state index contributed by atoms with van der Waals surface area (Å²) in [5.74, 6) is -0.830. The first-order chi connectivity index (χ1) is 12.5. The molecule has 1 fully saturated rings. The third-order valence-corrected chi connectivity index (χ3v) is 5.42. The zero-order chi connectivity index (χ0) is 18.5. The van der Waals surface area contributed by atoms with Crippen molar-refractivity contribution in [3.05, 3.63) is 52.2 Å². The highest BCUT2D eigenvalue weighted by atomic mass is 32.1. The number of ether oxygens (including phenoxy) is 1. The van der Waals surface area contributed by atoms with Crippen LogP contribution in [0.3, 0.4) is 0 Å². The quantitative estimate of drug-likeness (QED) is 0.777. The summed E-state index contributed by atoms with van der Waals surface area (Å²) in [6.07, 6.45) is 1.71. The van der Waals surface area contributed by atoms with Crippen molar-refractivity contribution in [2.75, 3.05) is 13.2 Å². The molecular weight excluding hydrogens is 354 g/mol. The zero-order valence-corrected chi connectivity index (χ0v) is 15.0. The van der Waals surface area contributed by atoms with Gasteiger partial charge in [0.05, 0.1) is 6.10 Å². The van der Waals surface area contributed by atoms with Crippen LogP contribution in [0.5, 0.6) is 5.75 Å². The maximum atomic E-state index is 12.9. The molecule has 1 aromatic carbocycles. The summed E-state index contributed by atoms with van der Waals surface area (Å²) in [6, 6.07) is 10.4.